The monoisotopic (exact) mass is 146 g/mol. The summed E-state index contributed by atoms with van der Waals surface area (Å²) >= 11 is 0. The predicted octanol–water partition coefficient (Wildman–Crippen LogP) is 1.17. The van der Waals surface area contributed by atoms with E-state index in [2.05, 4.69) is 0 Å². The SMILES string of the molecule is CC(C)(O)C(C)(C)CCO. The Balaban J connectivity index is 4.10. The van der Waals surface area contributed by atoms with Crippen molar-refractivity contribution in [1.29, 1.82) is 0 Å². The maximum atomic E-state index is 9.57. The van der Waals surface area contributed by atoms with Crippen LogP contribution < -0.4 is 0 Å². The molecule has 0 radical (unpaired) electrons. The molecule has 0 aromatic carbocycles. The van der Waals surface area contributed by atoms with E-state index in [4.69, 9.17) is 5.11 Å². The van der Waals surface area contributed by atoms with Crippen molar-refractivity contribution in [3.05, 3.63) is 0 Å². The molecule has 0 aromatic rings. The van der Waals surface area contributed by atoms with Crippen LogP contribution in [0.3, 0.4) is 0 Å². The summed E-state index contributed by atoms with van der Waals surface area (Å²) in [5, 5.41) is 18.2. The maximum absolute atomic E-state index is 9.57. The molecule has 0 aliphatic rings. The zero-order chi connectivity index (χ0) is 8.41. The van der Waals surface area contributed by atoms with E-state index in [9.17, 15) is 5.11 Å². The van der Waals surface area contributed by atoms with Gasteiger partial charge in [-0.3, -0.25) is 0 Å². The summed E-state index contributed by atoms with van der Waals surface area (Å²) in [5.41, 5.74) is -0.919. The molecule has 0 saturated carbocycles. The smallest absolute Gasteiger partial charge is 0.0643 e. The van der Waals surface area contributed by atoms with Crippen molar-refractivity contribution in [3.63, 3.8) is 0 Å². The van der Waals surface area contributed by atoms with Gasteiger partial charge in [0, 0.05) is 6.61 Å². The molecule has 0 atom stereocenters. The Morgan fingerprint density at radius 1 is 1.10 bits per heavy atom. The summed E-state index contributed by atoms with van der Waals surface area (Å²) in [6, 6.07) is 0. The first kappa shape index (κ1) is 9.92. The molecule has 62 valence electrons. The third-order valence-electron chi connectivity index (χ3n) is 2.39. The Morgan fingerprint density at radius 3 is 1.60 bits per heavy atom. The fraction of sp³-hybridized carbons (Fsp3) is 1.00. The summed E-state index contributed by atoms with van der Waals surface area (Å²) in [4.78, 5) is 0. The number of hydrogen-bond donors (Lipinski definition) is 2. The third-order valence-corrected chi connectivity index (χ3v) is 2.39. The van der Waals surface area contributed by atoms with E-state index in [-0.39, 0.29) is 12.0 Å². The molecule has 0 aliphatic heterocycles. The van der Waals surface area contributed by atoms with Gasteiger partial charge in [0.05, 0.1) is 5.60 Å². The third kappa shape index (κ3) is 2.27. The molecular formula is C8H18O2. The second kappa shape index (κ2) is 2.89. The number of hydrogen-bond acceptors (Lipinski definition) is 2. The fourth-order valence-electron chi connectivity index (χ4n) is 0.585. The van der Waals surface area contributed by atoms with Crippen LogP contribution in [0.15, 0.2) is 0 Å². The van der Waals surface area contributed by atoms with Gasteiger partial charge in [0.15, 0.2) is 0 Å². The van der Waals surface area contributed by atoms with Crippen molar-refractivity contribution >= 4 is 0 Å². The number of aliphatic hydroxyl groups is 2. The summed E-state index contributed by atoms with van der Waals surface area (Å²) in [5.74, 6) is 0. The Labute approximate surface area is 62.9 Å². The second-order valence-corrected chi connectivity index (χ2v) is 3.92. The van der Waals surface area contributed by atoms with Crippen LogP contribution in [0.2, 0.25) is 0 Å². The molecule has 10 heavy (non-hydrogen) atoms. The molecule has 0 fully saturated rings. The summed E-state index contributed by atoms with van der Waals surface area (Å²) < 4.78 is 0. The van der Waals surface area contributed by atoms with E-state index in [1.54, 1.807) is 13.8 Å². The quantitative estimate of drug-likeness (QED) is 0.627. The zero-order valence-corrected chi connectivity index (χ0v) is 7.31. The number of aliphatic hydroxyl groups excluding tert-OH is 1. The van der Waals surface area contributed by atoms with E-state index in [1.165, 1.54) is 0 Å². The minimum Gasteiger partial charge on any atom is -0.396 e. The van der Waals surface area contributed by atoms with Gasteiger partial charge in [-0.15, -0.1) is 0 Å². The highest BCUT2D eigenvalue weighted by molar-refractivity contribution is 4.84. The lowest BCUT2D eigenvalue weighted by Crippen LogP contribution is -2.39. The highest BCUT2D eigenvalue weighted by Gasteiger charge is 2.33. The van der Waals surface area contributed by atoms with Crippen LogP contribution in [-0.4, -0.2) is 22.4 Å². The lowest BCUT2D eigenvalue weighted by Gasteiger charge is -2.36. The molecule has 0 bridgehead atoms. The molecule has 2 N–H and O–H groups in total. The lowest BCUT2D eigenvalue weighted by atomic mass is 9.75. The molecule has 0 heterocycles. The average molecular weight is 146 g/mol. The Morgan fingerprint density at radius 2 is 1.50 bits per heavy atom. The van der Waals surface area contributed by atoms with Gasteiger partial charge in [-0.25, -0.2) is 0 Å². The van der Waals surface area contributed by atoms with Crippen molar-refractivity contribution < 1.29 is 10.2 Å². The zero-order valence-electron chi connectivity index (χ0n) is 7.31. The minimum atomic E-state index is -0.713. The fourth-order valence-corrected chi connectivity index (χ4v) is 0.585. The van der Waals surface area contributed by atoms with Gasteiger partial charge in [0.2, 0.25) is 0 Å². The molecule has 0 unspecified atom stereocenters. The van der Waals surface area contributed by atoms with Gasteiger partial charge in [0.25, 0.3) is 0 Å². The van der Waals surface area contributed by atoms with E-state index in [1.807, 2.05) is 13.8 Å². The standard InChI is InChI=1S/C8H18O2/c1-7(2,5-6-9)8(3,4)10/h9-10H,5-6H2,1-4H3. The van der Waals surface area contributed by atoms with Crippen LogP contribution in [0.4, 0.5) is 0 Å². The molecule has 0 saturated heterocycles. The Kier molecular flexibility index (Phi) is 2.86. The van der Waals surface area contributed by atoms with Crippen LogP contribution >= 0.6 is 0 Å². The molecule has 0 aliphatic carbocycles. The molecule has 2 nitrogen and oxygen atoms in total. The van der Waals surface area contributed by atoms with Crippen LogP contribution in [0.25, 0.3) is 0 Å². The molecule has 0 rings (SSSR count). The van der Waals surface area contributed by atoms with Gasteiger partial charge < -0.3 is 10.2 Å². The first-order valence-electron chi connectivity index (χ1n) is 3.64. The Hall–Kier alpha value is -0.0800. The highest BCUT2D eigenvalue weighted by atomic mass is 16.3. The predicted molar refractivity (Wildman–Crippen MR) is 41.8 cm³/mol. The van der Waals surface area contributed by atoms with Gasteiger partial charge in [-0.1, -0.05) is 13.8 Å². The summed E-state index contributed by atoms with van der Waals surface area (Å²) in [6.45, 7) is 7.56. The van der Waals surface area contributed by atoms with Crippen molar-refractivity contribution in [3.8, 4) is 0 Å². The van der Waals surface area contributed by atoms with E-state index >= 15 is 0 Å². The first-order chi connectivity index (χ1) is 4.31. The van der Waals surface area contributed by atoms with Crippen molar-refractivity contribution in [2.45, 2.75) is 39.7 Å². The first-order valence-corrected chi connectivity index (χ1v) is 3.64. The van der Waals surface area contributed by atoms with Gasteiger partial charge in [-0.2, -0.15) is 0 Å². The van der Waals surface area contributed by atoms with Crippen molar-refractivity contribution in [2.75, 3.05) is 6.61 Å². The van der Waals surface area contributed by atoms with Crippen LogP contribution in [0.5, 0.6) is 0 Å². The van der Waals surface area contributed by atoms with Crippen LogP contribution in [-0.2, 0) is 0 Å². The van der Waals surface area contributed by atoms with Crippen molar-refractivity contribution in [2.24, 2.45) is 5.41 Å². The second-order valence-electron chi connectivity index (χ2n) is 3.92. The van der Waals surface area contributed by atoms with Crippen LogP contribution in [0.1, 0.15) is 34.1 Å². The Bertz CT molecular complexity index is 100. The average Bonchev–Trinajstić information content (AvgIpc) is 1.61. The molecular weight excluding hydrogens is 128 g/mol. The number of rotatable bonds is 3. The largest absolute Gasteiger partial charge is 0.396 e. The van der Waals surface area contributed by atoms with Gasteiger partial charge in [-0.05, 0) is 25.7 Å². The van der Waals surface area contributed by atoms with E-state index in [0.29, 0.717) is 6.42 Å². The van der Waals surface area contributed by atoms with E-state index in [0.717, 1.165) is 0 Å². The lowest BCUT2D eigenvalue weighted by molar-refractivity contribution is -0.0462. The highest BCUT2D eigenvalue weighted by Crippen LogP contribution is 2.33. The normalized spacial score (nSPS) is 13.8. The van der Waals surface area contributed by atoms with Gasteiger partial charge in [0.1, 0.15) is 0 Å². The molecule has 0 spiro atoms. The molecule has 2 heteroatoms. The molecule has 0 aromatic heterocycles. The van der Waals surface area contributed by atoms with Gasteiger partial charge >= 0.3 is 0 Å². The van der Waals surface area contributed by atoms with E-state index < -0.39 is 5.60 Å². The molecule has 0 amide bonds. The topological polar surface area (TPSA) is 40.5 Å². The maximum Gasteiger partial charge on any atom is 0.0643 e. The van der Waals surface area contributed by atoms with Crippen molar-refractivity contribution in [1.82, 2.24) is 0 Å². The summed E-state index contributed by atoms with van der Waals surface area (Å²) in [7, 11) is 0. The summed E-state index contributed by atoms with van der Waals surface area (Å²) in [6.07, 6.45) is 0.635. The van der Waals surface area contributed by atoms with Crippen LogP contribution in [0, 0.1) is 5.41 Å². The minimum absolute atomic E-state index is 0.136.